The van der Waals surface area contributed by atoms with Gasteiger partial charge in [-0.2, -0.15) is 5.10 Å². The zero-order valence-corrected chi connectivity index (χ0v) is 13.7. The van der Waals surface area contributed by atoms with E-state index in [-0.39, 0.29) is 12.0 Å². The van der Waals surface area contributed by atoms with Crippen LogP contribution >= 0.6 is 11.3 Å². The number of carbonyl (C=O) groups excluding carboxylic acids is 1. The van der Waals surface area contributed by atoms with Crippen LogP contribution < -0.4 is 5.32 Å². The van der Waals surface area contributed by atoms with Gasteiger partial charge in [-0.25, -0.2) is 4.98 Å². The molecule has 0 aromatic carbocycles. The molecule has 1 aliphatic heterocycles. The van der Waals surface area contributed by atoms with Crippen molar-refractivity contribution in [1.82, 2.24) is 25.0 Å². The Hall–Kier alpha value is -1.77. The van der Waals surface area contributed by atoms with E-state index in [0.29, 0.717) is 26.2 Å². The first kappa shape index (κ1) is 16.1. The van der Waals surface area contributed by atoms with Crippen LogP contribution in [0.25, 0.3) is 0 Å². The van der Waals surface area contributed by atoms with E-state index in [4.69, 9.17) is 4.74 Å². The fourth-order valence-electron chi connectivity index (χ4n) is 2.61. The maximum Gasteiger partial charge on any atom is 0.234 e. The quantitative estimate of drug-likeness (QED) is 0.793. The molecule has 8 heteroatoms. The predicted molar refractivity (Wildman–Crippen MR) is 87.2 cm³/mol. The van der Waals surface area contributed by atoms with E-state index in [1.165, 1.54) is 11.2 Å². The SMILES string of the molecule is O=C(CN1CCO[C@@H](Cn2cncn2)C1)NCCc1cccs1. The molecule has 0 bridgehead atoms. The minimum atomic E-state index is 0.0457. The van der Waals surface area contributed by atoms with E-state index in [2.05, 4.69) is 31.7 Å². The van der Waals surface area contributed by atoms with Crippen molar-refractivity contribution in [2.24, 2.45) is 0 Å². The molecule has 124 valence electrons. The van der Waals surface area contributed by atoms with Gasteiger partial charge in [-0.05, 0) is 17.9 Å². The molecule has 0 saturated carbocycles. The zero-order valence-electron chi connectivity index (χ0n) is 12.9. The summed E-state index contributed by atoms with van der Waals surface area (Å²) >= 11 is 1.72. The second kappa shape index (κ2) is 8.19. The summed E-state index contributed by atoms with van der Waals surface area (Å²) in [6.07, 6.45) is 4.13. The molecule has 3 heterocycles. The second-order valence-corrected chi connectivity index (χ2v) is 6.56. The maximum absolute atomic E-state index is 12.0. The van der Waals surface area contributed by atoms with Crippen LogP contribution in [0.3, 0.4) is 0 Å². The largest absolute Gasteiger partial charge is 0.374 e. The Kier molecular flexibility index (Phi) is 5.73. The number of morpholine rings is 1. The van der Waals surface area contributed by atoms with Gasteiger partial charge in [0.25, 0.3) is 0 Å². The summed E-state index contributed by atoms with van der Waals surface area (Å²) in [5.74, 6) is 0.0722. The number of thiophene rings is 1. The van der Waals surface area contributed by atoms with Crippen molar-refractivity contribution in [3.05, 3.63) is 35.0 Å². The molecule has 23 heavy (non-hydrogen) atoms. The number of carbonyl (C=O) groups is 1. The van der Waals surface area contributed by atoms with Gasteiger partial charge < -0.3 is 10.1 Å². The van der Waals surface area contributed by atoms with Gasteiger partial charge in [0.15, 0.2) is 0 Å². The van der Waals surface area contributed by atoms with Gasteiger partial charge in [-0.1, -0.05) is 6.07 Å². The third-order valence-corrected chi connectivity index (χ3v) is 4.66. The van der Waals surface area contributed by atoms with Crippen LogP contribution in [0.15, 0.2) is 30.2 Å². The van der Waals surface area contributed by atoms with Crippen molar-refractivity contribution < 1.29 is 9.53 Å². The lowest BCUT2D eigenvalue weighted by atomic mass is 10.2. The van der Waals surface area contributed by atoms with Crippen molar-refractivity contribution in [2.75, 3.05) is 32.8 Å². The summed E-state index contributed by atoms with van der Waals surface area (Å²) < 4.78 is 7.49. The molecule has 1 aliphatic rings. The number of hydrogen-bond acceptors (Lipinski definition) is 6. The first-order valence-electron chi connectivity index (χ1n) is 7.75. The molecule has 2 aromatic rings. The average Bonchev–Trinajstić information content (AvgIpc) is 3.21. The Morgan fingerprint density at radius 1 is 1.52 bits per heavy atom. The smallest absolute Gasteiger partial charge is 0.234 e. The normalized spacial score (nSPS) is 18.9. The highest BCUT2D eigenvalue weighted by Crippen LogP contribution is 2.08. The highest BCUT2D eigenvalue weighted by atomic mass is 32.1. The Morgan fingerprint density at radius 2 is 2.48 bits per heavy atom. The number of amides is 1. The Balaban J connectivity index is 1.37. The van der Waals surface area contributed by atoms with Gasteiger partial charge in [0.1, 0.15) is 12.7 Å². The minimum Gasteiger partial charge on any atom is -0.374 e. The van der Waals surface area contributed by atoms with Crippen LogP contribution in [-0.4, -0.2) is 64.5 Å². The van der Waals surface area contributed by atoms with E-state index in [9.17, 15) is 4.79 Å². The van der Waals surface area contributed by atoms with Gasteiger partial charge in [-0.3, -0.25) is 14.4 Å². The summed E-state index contributed by atoms with van der Waals surface area (Å²) in [6, 6.07) is 4.12. The van der Waals surface area contributed by atoms with Gasteiger partial charge in [0.2, 0.25) is 5.91 Å². The molecule has 3 rings (SSSR count). The molecule has 0 unspecified atom stereocenters. The number of nitrogens with one attached hydrogen (secondary N) is 1. The Bertz CT molecular complexity index is 587. The highest BCUT2D eigenvalue weighted by Gasteiger charge is 2.22. The fourth-order valence-corrected chi connectivity index (χ4v) is 3.32. The average molecular weight is 335 g/mol. The van der Waals surface area contributed by atoms with E-state index < -0.39 is 0 Å². The molecular formula is C15H21N5O2S. The summed E-state index contributed by atoms with van der Waals surface area (Å²) in [5, 5.41) is 9.13. The summed E-state index contributed by atoms with van der Waals surface area (Å²) in [4.78, 5) is 19.4. The van der Waals surface area contributed by atoms with Crippen molar-refractivity contribution in [3.8, 4) is 0 Å². The lowest BCUT2D eigenvalue weighted by molar-refractivity contribution is -0.124. The number of rotatable bonds is 7. The van der Waals surface area contributed by atoms with Crippen LogP contribution in [0.1, 0.15) is 4.88 Å². The van der Waals surface area contributed by atoms with Crippen LogP contribution in [0, 0.1) is 0 Å². The molecule has 1 amide bonds. The molecule has 2 aromatic heterocycles. The number of hydrogen-bond donors (Lipinski definition) is 1. The van der Waals surface area contributed by atoms with Crippen molar-refractivity contribution in [2.45, 2.75) is 19.1 Å². The van der Waals surface area contributed by atoms with Gasteiger partial charge in [-0.15, -0.1) is 11.3 Å². The molecule has 7 nitrogen and oxygen atoms in total. The van der Waals surface area contributed by atoms with Crippen molar-refractivity contribution >= 4 is 17.2 Å². The van der Waals surface area contributed by atoms with E-state index in [1.807, 2.05) is 6.07 Å². The van der Waals surface area contributed by atoms with Gasteiger partial charge in [0.05, 0.1) is 25.8 Å². The predicted octanol–water partition coefficient (Wildman–Crippen LogP) is 0.399. The van der Waals surface area contributed by atoms with Crippen molar-refractivity contribution in [3.63, 3.8) is 0 Å². The number of nitrogens with zero attached hydrogens (tertiary/aromatic N) is 4. The van der Waals surface area contributed by atoms with Crippen molar-refractivity contribution in [1.29, 1.82) is 0 Å². The third kappa shape index (κ3) is 5.12. The number of ether oxygens (including phenoxy) is 1. The van der Waals surface area contributed by atoms with Crippen LogP contribution in [0.4, 0.5) is 0 Å². The molecule has 1 saturated heterocycles. The highest BCUT2D eigenvalue weighted by molar-refractivity contribution is 7.09. The molecule has 1 N–H and O–H groups in total. The summed E-state index contributed by atoms with van der Waals surface area (Å²) in [5.41, 5.74) is 0. The van der Waals surface area contributed by atoms with Crippen LogP contribution in [0.2, 0.25) is 0 Å². The van der Waals surface area contributed by atoms with E-state index >= 15 is 0 Å². The molecule has 0 spiro atoms. The molecular weight excluding hydrogens is 314 g/mol. The standard InChI is InChI=1S/C15H21N5O2S/c21-15(17-4-3-14-2-1-7-23-14)10-19-5-6-22-13(8-19)9-20-12-16-11-18-20/h1-2,7,11-13H,3-6,8-10H2,(H,17,21)/t13-/m1/s1. The van der Waals surface area contributed by atoms with Gasteiger partial charge in [0, 0.05) is 24.5 Å². The van der Waals surface area contributed by atoms with E-state index in [1.54, 1.807) is 22.3 Å². The monoisotopic (exact) mass is 335 g/mol. The molecule has 1 fully saturated rings. The second-order valence-electron chi connectivity index (χ2n) is 5.52. The lowest BCUT2D eigenvalue weighted by Gasteiger charge is -2.32. The molecule has 1 atom stereocenters. The fraction of sp³-hybridized carbons (Fsp3) is 0.533. The summed E-state index contributed by atoms with van der Waals surface area (Å²) in [7, 11) is 0. The number of aromatic nitrogens is 3. The molecule has 0 aliphatic carbocycles. The maximum atomic E-state index is 12.0. The Morgan fingerprint density at radius 3 is 3.26 bits per heavy atom. The molecule has 0 radical (unpaired) electrons. The Labute approximate surface area is 139 Å². The van der Waals surface area contributed by atoms with Crippen LogP contribution in [-0.2, 0) is 22.5 Å². The third-order valence-electron chi connectivity index (χ3n) is 3.72. The minimum absolute atomic E-state index is 0.0457. The summed E-state index contributed by atoms with van der Waals surface area (Å²) in [6.45, 7) is 3.93. The van der Waals surface area contributed by atoms with E-state index in [0.717, 1.165) is 19.5 Å². The zero-order chi connectivity index (χ0) is 15.9. The first-order chi connectivity index (χ1) is 11.3. The lowest BCUT2D eigenvalue weighted by Crippen LogP contribution is -2.48. The first-order valence-corrected chi connectivity index (χ1v) is 8.63. The van der Waals surface area contributed by atoms with Crippen LogP contribution in [0.5, 0.6) is 0 Å². The van der Waals surface area contributed by atoms with Gasteiger partial charge >= 0.3 is 0 Å². The topological polar surface area (TPSA) is 72.3 Å².